The van der Waals surface area contributed by atoms with Crippen molar-refractivity contribution in [3.05, 3.63) is 47.7 Å². The maximum absolute atomic E-state index is 11.9. The standard InChI is InChI=1S/C18H23N3O2.2ClH/c1-11-5-7-16(9-12(11)2)23-17-8-6-15(10-20-17)21-18(22)13(3)14(4)19;;/h5-10,13-14H,19H2,1-4H3,(H,21,22);2*1H. The molecule has 2 aromatic rings. The van der Waals surface area contributed by atoms with Crippen molar-refractivity contribution in [2.45, 2.75) is 33.7 Å². The number of hydrogen-bond acceptors (Lipinski definition) is 4. The molecule has 25 heavy (non-hydrogen) atoms. The Bertz CT molecular complexity index is 691. The molecule has 0 aliphatic heterocycles. The lowest BCUT2D eigenvalue weighted by Crippen LogP contribution is -2.34. The number of ether oxygens (including phenoxy) is 1. The van der Waals surface area contributed by atoms with Crippen LogP contribution in [-0.2, 0) is 4.79 Å². The SMILES string of the molecule is Cc1ccc(Oc2ccc(NC(=O)C(C)C(C)N)cn2)cc1C.Cl.Cl. The number of aromatic nitrogens is 1. The average molecular weight is 386 g/mol. The highest BCUT2D eigenvalue weighted by Gasteiger charge is 2.17. The molecule has 0 spiro atoms. The number of hydrogen-bond donors (Lipinski definition) is 2. The van der Waals surface area contributed by atoms with Gasteiger partial charge in [0.1, 0.15) is 5.75 Å². The second-order valence-electron chi connectivity index (χ2n) is 5.87. The third-order valence-electron chi connectivity index (χ3n) is 3.91. The number of nitrogens with one attached hydrogen (secondary N) is 1. The number of rotatable bonds is 5. The van der Waals surface area contributed by atoms with Crippen LogP contribution in [0.3, 0.4) is 0 Å². The van der Waals surface area contributed by atoms with Crippen LogP contribution in [0.4, 0.5) is 5.69 Å². The molecule has 138 valence electrons. The average Bonchev–Trinajstić information content (AvgIpc) is 2.52. The number of halogens is 2. The number of pyridine rings is 1. The quantitative estimate of drug-likeness (QED) is 0.805. The van der Waals surface area contributed by atoms with Gasteiger partial charge in [0.25, 0.3) is 0 Å². The molecule has 5 nitrogen and oxygen atoms in total. The van der Waals surface area contributed by atoms with Gasteiger partial charge in [-0.1, -0.05) is 13.0 Å². The number of carbonyl (C=O) groups is 1. The molecule has 7 heteroatoms. The summed E-state index contributed by atoms with van der Waals surface area (Å²) in [6.07, 6.45) is 1.57. The largest absolute Gasteiger partial charge is 0.439 e. The summed E-state index contributed by atoms with van der Waals surface area (Å²) in [5.41, 5.74) is 8.72. The van der Waals surface area contributed by atoms with Gasteiger partial charge in [0.05, 0.1) is 17.8 Å². The van der Waals surface area contributed by atoms with Crippen LogP contribution in [0.1, 0.15) is 25.0 Å². The Balaban J connectivity index is 0.00000288. The lowest BCUT2D eigenvalue weighted by Gasteiger charge is -2.15. The molecule has 1 amide bonds. The van der Waals surface area contributed by atoms with Crippen LogP contribution in [0.2, 0.25) is 0 Å². The molecule has 2 unspecified atom stereocenters. The Morgan fingerprint density at radius 1 is 1.12 bits per heavy atom. The normalized spacial score (nSPS) is 12.2. The van der Waals surface area contributed by atoms with Gasteiger partial charge in [0, 0.05) is 12.1 Å². The molecule has 2 atom stereocenters. The summed E-state index contributed by atoms with van der Waals surface area (Å²) in [5.74, 6) is 0.834. The molecule has 2 rings (SSSR count). The molecule has 3 N–H and O–H groups in total. The number of nitrogens with two attached hydrogens (primary N) is 1. The lowest BCUT2D eigenvalue weighted by molar-refractivity contribution is -0.119. The zero-order valence-corrected chi connectivity index (χ0v) is 16.4. The molecule has 1 aromatic carbocycles. The van der Waals surface area contributed by atoms with Crippen LogP contribution in [0.15, 0.2) is 36.5 Å². The summed E-state index contributed by atoms with van der Waals surface area (Å²) in [6, 6.07) is 9.17. The van der Waals surface area contributed by atoms with E-state index in [1.807, 2.05) is 32.0 Å². The minimum atomic E-state index is -0.263. The number of aryl methyl sites for hydroxylation is 2. The van der Waals surface area contributed by atoms with Crippen molar-refractivity contribution >= 4 is 36.4 Å². The maximum atomic E-state index is 11.9. The Morgan fingerprint density at radius 3 is 2.32 bits per heavy atom. The topological polar surface area (TPSA) is 77.2 Å². The van der Waals surface area contributed by atoms with Crippen molar-refractivity contribution in [2.75, 3.05) is 5.32 Å². The second kappa shape index (κ2) is 10.2. The van der Waals surface area contributed by atoms with Gasteiger partial charge >= 0.3 is 0 Å². The molecule has 0 aliphatic carbocycles. The molecule has 0 bridgehead atoms. The second-order valence-corrected chi connectivity index (χ2v) is 5.87. The van der Waals surface area contributed by atoms with Crippen LogP contribution < -0.4 is 15.8 Å². The minimum absolute atomic E-state index is 0. The molecule has 0 aliphatic rings. The fourth-order valence-electron chi connectivity index (χ4n) is 1.91. The smallest absolute Gasteiger partial charge is 0.228 e. The zero-order valence-electron chi connectivity index (χ0n) is 14.8. The highest BCUT2D eigenvalue weighted by atomic mass is 35.5. The molecule has 1 aromatic heterocycles. The van der Waals surface area contributed by atoms with Gasteiger partial charge in [-0.15, -0.1) is 24.8 Å². The maximum Gasteiger partial charge on any atom is 0.228 e. The van der Waals surface area contributed by atoms with Crippen LogP contribution in [0.25, 0.3) is 0 Å². The van der Waals surface area contributed by atoms with E-state index in [0.717, 1.165) is 11.3 Å². The first-order chi connectivity index (χ1) is 10.9. The first-order valence-corrected chi connectivity index (χ1v) is 7.64. The van der Waals surface area contributed by atoms with E-state index in [1.54, 1.807) is 25.3 Å². The lowest BCUT2D eigenvalue weighted by atomic mass is 10.0. The number of benzene rings is 1. The van der Waals surface area contributed by atoms with E-state index >= 15 is 0 Å². The highest BCUT2D eigenvalue weighted by Crippen LogP contribution is 2.23. The number of carbonyl (C=O) groups excluding carboxylic acids is 1. The summed E-state index contributed by atoms with van der Waals surface area (Å²) in [4.78, 5) is 16.2. The van der Waals surface area contributed by atoms with Crippen LogP contribution in [0, 0.1) is 19.8 Å². The first kappa shape index (κ1) is 23.2. The number of amides is 1. The van der Waals surface area contributed by atoms with Crippen molar-refractivity contribution in [3.63, 3.8) is 0 Å². The molecular formula is C18H25Cl2N3O2. The van der Waals surface area contributed by atoms with E-state index in [4.69, 9.17) is 10.5 Å². The van der Waals surface area contributed by atoms with E-state index in [2.05, 4.69) is 17.2 Å². The summed E-state index contributed by atoms with van der Waals surface area (Å²) >= 11 is 0. The fraction of sp³-hybridized carbons (Fsp3) is 0.333. The molecule has 0 fully saturated rings. The third kappa shape index (κ3) is 6.53. The summed E-state index contributed by atoms with van der Waals surface area (Å²) in [7, 11) is 0. The Kier molecular flexibility index (Phi) is 9.49. The minimum Gasteiger partial charge on any atom is -0.439 e. The van der Waals surface area contributed by atoms with E-state index in [-0.39, 0.29) is 42.7 Å². The van der Waals surface area contributed by atoms with E-state index in [9.17, 15) is 4.79 Å². The van der Waals surface area contributed by atoms with E-state index in [1.165, 1.54) is 5.56 Å². The van der Waals surface area contributed by atoms with Crippen LogP contribution in [0.5, 0.6) is 11.6 Å². The number of nitrogens with zero attached hydrogens (tertiary/aromatic N) is 1. The third-order valence-corrected chi connectivity index (χ3v) is 3.91. The summed E-state index contributed by atoms with van der Waals surface area (Å²) in [6.45, 7) is 7.69. The summed E-state index contributed by atoms with van der Waals surface area (Å²) in [5, 5.41) is 2.79. The predicted octanol–water partition coefficient (Wildman–Crippen LogP) is 4.26. The van der Waals surface area contributed by atoms with Crippen molar-refractivity contribution in [3.8, 4) is 11.6 Å². The van der Waals surface area contributed by atoms with Gasteiger partial charge < -0.3 is 15.8 Å². The van der Waals surface area contributed by atoms with Gasteiger partial charge in [-0.25, -0.2) is 4.98 Å². The van der Waals surface area contributed by atoms with Crippen molar-refractivity contribution in [2.24, 2.45) is 11.7 Å². The fourth-order valence-corrected chi connectivity index (χ4v) is 1.91. The Morgan fingerprint density at radius 2 is 1.80 bits per heavy atom. The monoisotopic (exact) mass is 385 g/mol. The van der Waals surface area contributed by atoms with Gasteiger partial charge in [0.2, 0.25) is 11.8 Å². The highest BCUT2D eigenvalue weighted by molar-refractivity contribution is 5.92. The van der Waals surface area contributed by atoms with Gasteiger partial charge in [0.15, 0.2) is 0 Å². The predicted molar refractivity (Wildman–Crippen MR) is 106 cm³/mol. The Labute approximate surface area is 161 Å². The van der Waals surface area contributed by atoms with Gasteiger partial charge in [-0.3, -0.25) is 4.79 Å². The molecule has 1 heterocycles. The van der Waals surface area contributed by atoms with Crippen molar-refractivity contribution < 1.29 is 9.53 Å². The first-order valence-electron chi connectivity index (χ1n) is 7.64. The zero-order chi connectivity index (χ0) is 17.0. The van der Waals surface area contributed by atoms with Gasteiger partial charge in [-0.2, -0.15) is 0 Å². The summed E-state index contributed by atoms with van der Waals surface area (Å²) < 4.78 is 5.72. The van der Waals surface area contributed by atoms with E-state index < -0.39 is 0 Å². The molecular weight excluding hydrogens is 361 g/mol. The van der Waals surface area contributed by atoms with Crippen molar-refractivity contribution in [1.29, 1.82) is 0 Å². The van der Waals surface area contributed by atoms with Crippen molar-refractivity contribution in [1.82, 2.24) is 4.98 Å². The van der Waals surface area contributed by atoms with E-state index in [0.29, 0.717) is 11.6 Å². The Hall–Kier alpha value is -1.82. The van der Waals surface area contributed by atoms with Gasteiger partial charge in [-0.05, 0) is 50.1 Å². The molecule has 0 radical (unpaired) electrons. The number of anilines is 1. The van der Waals surface area contributed by atoms with Crippen LogP contribution in [-0.4, -0.2) is 16.9 Å². The molecule has 0 saturated carbocycles. The van der Waals surface area contributed by atoms with Crippen LogP contribution >= 0.6 is 24.8 Å². The molecule has 0 saturated heterocycles.